The summed E-state index contributed by atoms with van der Waals surface area (Å²) >= 11 is 0. The van der Waals surface area contributed by atoms with Crippen LogP contribution in [0.3, 0.4) is 0 Å². The van der Waals surface area contributed by atoms with Gasteiger partial charge in [-0.1, -0.05) is 12.1 Å². The van der Waals surface area contributed by atoms with Gasteiger partial charge in [0.05, 0.1) is 23.4 Å². The number of H-pyrrole nitrogens is 1. The second-order valence-corrected chi connectivity index (χ2v) is 4.34. The van der Waals surface area contributed by atoms with Gasteiger partial charge < -0.3 is 10.7 Å². The third-order valence-electron chi connectivity index (χ3n) is 3.09. The largest absolute Gasteiger partial charge is 0.397 e. The van der Waals surface area contributed by atoms with Gasteiger partial charge in [0.1, 0.15) is 0 Å². The number of ketones is 1. The third-order valence-corrected chi connectivity index (χ3v) is 3.09. The molecule has 3 rings (SSSR count). The monoisotopic (exact) mass is 215 g/mol. The van der Waals surface area contributed by atoms with Crippen LogP contribution in [0.15, 0.2) is 18.2 Å². The van der Waals surface area contributed by atoms with Gasteiger partial charge in [-0.05, 0) is 13.1 Å². The van der Waals surface area contributed by atoms with E-state index in [-0.39, 0.29) is 5.78 Å². The fourth-order valence-corrected chi connectivity index (χ4v) is 2.35. The highest BCUT2D eigenvalue weighted by Gasteiger charge is 2.25. The van der Waals surface area contributed by atoms with Crippen LogP contribution >= 0.6 is 0 Å². The van der Waals surface area contributed by atoms with Crippen LogP contribution in [0.5, 0.6) is 0 Å². The number of fused-ring (bicyclic) bond motifs is 3. The van der Waals surface area contributed by atoms with Crippen LogP contribution in [0.1, 0.15) is 16.1 Å². The number of nitrogens with one attached hydrogen (secondary N) is 1. The minimum absolute atomic E-state index is 0.138. The van der Waals surface area contributed by atoms with Gasteiger partial charge in [0.2, 0.25) is 0 Å². The first-order valence-electron chi connectivity index (χ1n) is 5.27. The first-order valence-corrected chi connectivity index (χ1v) is 5.27. The summed E-state index contributed by atoms with van der Waals surface area (Å²) in [6.07, 6.45) is 0. The number of rotatable bonds is 0. The first-order chi connectivity index (χ1) is 7.66. The van der Waals surface area contributed by atoms with Gasteiger partial charge in [-0.25, -0.2) is 0 Å². The Morgan fingerprint density at radius 2 is 2.19 bits per heavy atom. The Balaban J connectivity index is 2.35. The van der Waals surface area contributed by atoms with Gasteiger partial charge in [-0.3, -0.25) is 9.69 Å². The summed E-state index contributed by atoms with van der Waals surface area (Å²) in [5.41, 5.74) is 9.27. The van der Waals surface area contributed by atoms with Gasteiger partial charge in [0.15, 0.2) is 5.78 Å². The quantitative estimate of drug-likeness (QED) is 0.652. The molecule has 1 aliphatic heterocycles. The maximum atomic E-state index is 11.9. The molecule has 0 fully saturated rings. The topological polar surface area (TPSA) is 62.1 Å². The predicted octanol–water partition coefficient (Wildman–Crippen LogP) is 1.38. The number of nitrogens with two attached hydrogens (primary N) is 1. The Morgan fingerprint density at radius 3 is 3.00 bits per heavy atom. The summed E-state index contributed by atoms with van der Waals surface area (Å²) in [5.74, 6) is 0.138. The van der Waals surface area contributed by atoms with E-state index in [1.165, 1.54) is 0 Å². The van der Waals surface area contributed by atoms with Gasteiger partial charge in [0, 0.05) is 17.5 Å². The fraction of sp³-hybridized carbons (Fsp3) is 0.250. The highest BCUT2D eigenvalue weighted by molar-refractivity contribution is 6.06. The minimum atomic E-state index is 0.138. The molecule has 1 aromatic heterocycles. The van der Waals surface area contributed by atoms with Crippen LogP contribution in [0, 0.1) is 0 Å². The zero-order chi connectivity index (χ0) is 11.3. The summed E-state index contributed by atoms with van der Waals surface area (Å²) < 4.78 is 0. The average Bonchev–Trinajstić information content (AvgIpc) is 2.59. The number of aromatic nitrogens is 1. The number of nitrogens with zero attached hydrogens (tertiary/aromatic N) is 1. The molecule has 2 aromatic rings. The first kappa shape index (κ1) is 9.42. The zero-order valence-corrected chi connectivity index (χ0v) is 9.08. The molecule has 0 amide bonds. The van der Waals surface area contributed by atoms with Crippen molar-refractivity contribution < 1.29 is 4.79 Å². The van der Waals surface area contributed by atoms with E-state index in [9.17, 15) is 4.79 Å². The van der Waals surface area contributed by atoms with Crippen LogP contribution in [-0.4, -0.2) is 29.3 Å². The SMILES string of the molecule is CN1CC(=O)c2[nH]c3c(N)cccc3c2C1. The molecule has 1 aromatic carbocycles. The molecule has 82 valence electrons. The van der Waals surface area contributed by atoms with Gasteiger partial charge in [-0.2, -0.15) is 0 Å². The number of hydrogen-bond acceptors (Lipinski definition) is 3. The van der Waals surface area contributed by atoms with Crippen molar-refractivity contribution in [2.45, 2.75) is 6.54 Å². The standard InChI is InChI=1S/C12H13N3O/c1-15-5-8-7-3-2-4-9(13)11(7)14-12(8)10(16)6-15/h2-4,14H,5-6,13H2,1H3. The molecule has 4 heteroatoms. The minimum Gasteiger partial charge on any atom is -0.397 e. The maximum Gasteiger partial charge on any atom is 0.193 e. The molecule has 1 aliphatic rings. The number of Topliss-reactive ketones (excluding diaryl/α,β-unsaturated/α-hetero) is 1. The van der Waals surface area contributed by atoms with Crippen molar-refractivity contribution in [1.82, 2.24) is 9.88 Å². The van der Waals surface area contributed by atoms with Crippen molar-refractivity contribution in [2.24, 2.45) is 0 Å². The molecule has 4 nitrogen and oxygen atoms in total. The van der Waals surface area contributed by atoms with Crippen LogP contribution in [0.25, 0.3) is 10.9 Å². The molecule has 0 saturated carbocycles. The third kappa shape index (κ3) is 1.17. The normalized spacial score (nSPS) is 16.7. The molecular weight excluding hydrogens is 202 g/mol. The Kier molecular flexibility index (Phi) is 1.82. The molecule has 0 spiro atoms. The van der Waals surface area contributed by atoms with Crippen LogP contribution < -0.4 is 5.73 Å². The number of hydrogen-bond donors (Lipinski definition) is 2. The van der Waals surface area contributed by atoms with Crippen molar-refractivity contribution in [3.63, 3.8) is 0 Å². The molecule has 3 N–H and O–H groups in total. The van der Waals surface area contributed by atoms with Crippen molar-refractivity contribution in [2.75, 3.05) is 19.3 Å². The van der Waals surface area contributed by atoms with E-state index in [2.05, 4.69) is 4.98 Å². The molecule has 0 unspecified atom stereocenters. The van der Waals surface area contributed by atoms with Crippen molar-refractivity contribution in [3.8, 4) is 0 Å². The number of nitrogen functional groups attached to an aromatic ring is 1. The van der Waals surface area contributed by atoms with Gasteiger partial charge in [-0.15, -0.1) is 0 Å². The lowest BCUT2D eigenvalue weighted by Gasteiger charge is -2.21. The van der Waals surface area contributed by atoms with Crippen LogP contribution in [-0.2, 0) is 6.54 Å². The summed E-state index contributed by atoms with van der Waals surface area (Å²) in [4.78, 5) is 17.0. The second-order valence-electron chi connectivity index (χ2n) is 4.34. The molecule has 16 heavy (non-hydrogen) atoms. The van der Waals surface area contributed by atoms with E-state index in [1.807, 2.05) is 30.1 Å². The molecule has 0 radical (unpaired) electrons. The molecule has 0 aliphatic carbocycles. The smallest absolute Gasteiger partial charge is 0.193 e. The lowest BCUT2D eigenvalue weighted by molar-refractivity contribution is 0.0919. The molecule has 2 heterocycles. The lowest BCUT2D eigenvalue weighted by Crippen LogP contribution is -2.31. The number of anilines is 1. The van der Waals surface area contributed by atoms with E-state index in [0.717, 1.165) is 28.7 Å². The predicted molar refractivity (Wildman–Crippen MR) is 63.4 cm³/mol. The highest BCUT2D eigenvalue weighted by atomic mass is 16.1. The maximum absolute atomic E-state index is 11.9. The number of carbonyl (C=O) groups is 1. The van der Waals surface area contributed by atoms with Gasteiger partial charge in [0.25, 0.3) is 0 Å². The summed E-state index contributed by atoms with van der Waals surface area (Å²) in [7, 11) is 1.95. The Hall–Kier alpha value is -1.81. The molecule has 0 bridgehead atoms. The molecule has 0 atom stereocenters. The number of benzene rings is 1. The summed E-state index contributed by atoms with van der Waals surface area (Å²) in [5, 5.41) is 1.06. The summed E-state index contributed by atoms with van der Waals surface area (Å²) in [6, 6.07) is 5.77. The number of carbonyl (C=O) groups excluding carboxylic acids is 1. The van der Waals surface area contributed by atoms with E-state index < -0.39 is 0 Å². The van der Waals surface area contributed by atoms with E-state index >= 15 is 0 Å². The second kappa shape index (κ2) is 3.09. The van der Waals surface area contributed by atoms with E-state index in [4.69, 9.17) is 5.73 Å². The number of para-hydroxylation sites is 1. The van der Waals surface area contributed by atoms with E-state index in [0.29, 0.717) is 12.2 Å². The summed E-state index contributed by atoms with van der Waals surface area (Å²) in [6.45, 7) is 1.27. The Bertz CT molecular complexity index is 585. The number of likely N-dealkylation sites (N-methyl/N-ethyl adjacent to an activating group) is 1. The zero-order valence-electron chi connectivity index (χ0n) is 9.08. The van der Waals surface area contributed by atoms with Gasteiger partial charge >= 0.3 is 0 Å². The van der Waals surface area contributed by atoms with Crippen molar-refractivity contribution >= 4 is 22.4 Å². The molecular formula is C12H13N3O. The number of aromatic amines is 1. The lowest BCUT2D eigenvalue weighted by atomic mass is 10.0. The Labute approximate surface area is 93.0 Å². The van der Waals surface area contributed by atoms with Crippen LogP contribution in [0.4, 0.5) is 5.69 Å². The molecule has 0 saturated heterocycles. The van der Waals surface area contributed by atoms with Crippen molar-refractivity contribution in [1.29, 1.82) is 0 Å². The average molecular weight is 215 g/mol. The Morgan fingerprint density at radius 1 is 1.38 bits per heavy atom. The fourth-order valence-electron chi connectivity index (χ4n) is 2.35. The highest BCUT2D eigenvalue weighted by Crippen LogP contribution is 2.29. The van der Waals surface area contributed by atoms with E-state index in [1.54, 1.807) is 0 Å². The van der Waals surface area contributed by atoms with Crippen LogP contribution in [0.2, 0.25) is 0 Å². The van der Waals surface area contributed by atoms with Crippen molar-refractivity contribution in [3.05, 3.63) is 29.5 Å².